The summed E-state index contributed by atoms with van der Waals surface area (Å²) in [5.74, 6) is 1.08. The van der Waals surface area contributed by atoms with E-state index in [4.69, 9.17) is 10.5 Å². The molecule has 2 aliphatic rings. The number of amides is 1. The number of nitrogens with two attached hydrogens (primary N) is 1. The van der Waals surface area contributed by atoms with Gasteiger partial charge >= 0.3 is 6.01 Å². The van der Waals surface area contributed by atoms with Gasteiger partial charge < -0.3 is 15.4 Å². The normalized spacial score (nSPS) is 18.6. The molecule has 0 aromatic carbocycles. The third-order valence-electron chi connectivity index (χ3n) is 5.94. The number of unbranched alkanes of at least 4 members (excludes halogenated alkanes) is 2. The van der Waals surface area contributed by atoms with Crippen LogP contribution in [0, 0.1) is 0 Å². The quantitative estimate of drug-likeness (QED) is 0.601. The number of anilines is 2. The van der Waals surface area contributed by atoms with Crippen LogP contribution in [0.3, 0.4) is 0 Å². The molecule has 3 rings (SSSR count). The van der Waals surface area contributed by atoms with Crippen molar-refractivity contribution in [2.75, 3.05) is 36.8 Å². The van der Waals surface area contributed by atoms with Crippen LogP contribution in [0.4, 0.5) is 11.6 Å². The van der Waals surface area contributed by atoms with Crippen LogP contribution in [0.2, 0.25) is 0 Å². The van der Waals surface area contributed by atoms with Crippen molar-refractivity contribution < 1.29 is 9.53 Å². The van der Waals surface area contributed by atoms with Crippen molar-refractivity contribution in [1.29, 1.82) is 0 Å². The first-order chi connectivity index (χ1) is 14.1. The van der Waals surface area contributed by atoms with E-state index in [9.17, 15) is 4.79 Å². The van der Waals surface area contributed by atoms with Crippen molar-refractivity contribution in [2.24, 2.45) is 0 Å². The zero-order valence-corrected chi connectivity index (χ0v) is 18.2. The van der Waals surface area contributed by atoms with Gasteiger partial charge in [0.25, 0.3) is 0 Å². The Hall–Kier alpha value is -1.89. The Balaban J connectivity index is 1.51. The van der Waals surface area contributed by atoms with E-state index in [0.717, 1.165) is 31.2 Å². The van der Waals surface area contributed by atoms with Crippen LogP contribution >= 0.6 is 0 Å². The fourth-order valence-electron chi connectivity index (χ4n) is 4.30. The van der Waals surface area contributed by atoms with Crippen molar-refractivity contribution in [3.63, 3.8) is 0 Å². The zero-order valence-electron chi connectivity index (χ0n) is 18.2. The lowest BCUT2D eigenvalue weighted by Gasteiger charge is -2.20. The molecule has 7 heteroatoms. The number of nitrogens with zero attached hydrogens (tertiary/aromatic N) is 4. The first-order valence-corrected chi connectivity index (χ1v) is 11.4. The number of ether oxygens (including phenoxy) is 1. The number of hydrogen-bond donors (Lipinski definition) is 1. The Bertz CT molecular complexity index is 673. The van der Waals surface area contributed by atoms with E-state index >= 15 is 0 Å². The van der Waals surface area contributed by atoms with Crippen LogP contribution < -0.4 is 15.4 Å². The van der Waals surface area contributed by atoms with Crippen LogP contribution in [-0.4, -0.2) is 53.1 Å². The number of fused-ring (bicyclic) bond motifs is 1. The van der Waals surface area contributed by atoms with Gasteiger partial charge in [-0.1, -0.05) is 32.6 Å². The highest BCUT2D eigenvalue weighted by atomic mass is 16.5. The number of aromatic nitrogens is 2. The number of carbonyl (C=O) groups excluding carboxylic acids is 1. The summed E-state index contributed by atoms with van der Waals surface area (Å²) in [6.07, 6.45) is 11.0. The summed E-state index contributed by atoms with van der Waals surface area (Å²) in [6.45, 7) is 8.47. The number of likely N-dealkylation sites (tertiary alicyclic amines) is 1. The summed E-state index contributed by atoms with van der Waals surface area (Å²) in [5, 5.41) is 0. The fourth-order valence-corrected chi connectivity index (χ4v) is 4.30. The Morgan fingerprint density at radius 1 is 1.07 bits per heavy atom. The maximum Gasteiger partial charge on any atom is 0.320 e. The molecule has 0 saturated carbocycles. The average molecular weight is 404 g/mol. The molecular weight excluding hydrogens is 366 g/mol. The largest absolute Gasteiger partial charge is 0.460 e. The van der Waals surface area contributed by atoms with Gasteiger partial charge in [-0.25, -0.2) is 0 Å². The molecule has 1 aromatic heterocycles. The molecule has 2 aliphatic heterocycles. The maximum atomic E-state index is 12.5. The zero-order chi connectivity index (χ0) is 20.6. The van der Waals surface area contributed by atoms with Crippen molar-refractivity contribution in [3.8, 4) is 6.01 Å². The fraction of sp³-hybridized carbons (Fsp3) is 0.773. The molecule has 0 radical (unpaired) electrons. The first-order valence-electron chi connectivity index (χ1n) is 11.4. The minimum absolute atomic E-state index is 0.0296. The summed E-state index contributed by atoms with van der Waals surface area (Å²) in [5.41, 5.74) is 6.85. The van der Waals surface area contributed by atoms with Gasteiger partial charge in [0.1, 0.15) is 11.6 Å². The van der Waals surface area contributed by atoms with Gasteiger partial charge in [-0.15, -0.1) is 0 Å². The summed E-state index contributed by atoms with van der Waals surface area (Å²) >= 11 is 0. The van der Waals surface area contributed by atoms with Crippen LogP contribution in [0.25, 0.3) is 0 Å². The van der Waals surface area contributed by atoms with Gasteiger partial charge in [-0.05, 0) is 58.7 Å². The Labute approximate surface area is 175 Å². The van der Waals surface area contributed by atoms with Gasteiger partial charge in [-0.3, -0.25) is 9.69 Å². The highest BCUT2D eigenvalue weighted by Gasteiger charge is 2.32. The van der Waals surface area contributed by atoms with E-state index < -0.39 is 0 Å². The van der Waals surface area contributed by atoms with E-state index in [1.54, 1.807) is 4.90 Å². The Kier molecular flexibility index (Phi) is 8.09. The summed E-state index contributed by atoms with van der Waals surface area (Å²) in [7, 11) is 0. The lowest BCUT2D eigenvalue weighted by Crippen LogP contribution is -2.29. The number of nitrogen functional groups attached to an aromatic ring is 1. The van der Waals surface area contributed by atoms with Gasteiger partial charge in [0.05, 0.1) is 12.5 Å². The van der Waals surface area contributed by atoms with Crippen LogP contribution in [0.5, 0.6) is 6.01 Å². The lowest BCUT2D eigenvalue weighted by atomic mass is 10.2. The first kappa shape index (κ1) is 21.8. The smallest absolute Gasteiger partial charge is 0.320 e. The molecule has 1 aromatic rings. The van der Waals surface area contributed by atoms with Crippen molar-refractivity contribution in [3.05, 3.63) is 5.56 Å². The molecule has 1 saturated heterocycles. The van der Waals surface area contributed by atoms with Gasteiger partial charge in [0.15, 0.2) is 0 Å². The van der Waals surface area contributed by atoms with Crippen LogP contribution in [0.15, 0.2) is 0 Å². The van der Waals surface area contributed by atoms with Crippen molar-refractivity contribution >= 4 is 17.5 Å². The molecule has 162 valence electrons. The standard InChI is InChI=1S/C22H37N5O2/c1-3-11-17(2)29-22-24-20(23)18-16-19(28)27(21(18)25-22)15-10-6-9-14-26-12-7-4-5-8-13-26/h17H,3-16H2,1-2H3,(H2,23,24,25)/t17-/m0/s1. The number of rotatable bonds is 10. The van der Waals surface area contributed by atoms with Crippen LogP contribution in [0.1, 0.15) is 77.2 Å². The minimum Gasteiger partial charge on any atom is -0.460 e. The molecule has 1 amide bonds. The molecule has 1 atom stereocenters. The predicted molar refractivity (Wildman–Crippen MR) is 116 cm³/mol. The van der Waals surface area contributed by atoms with Crippen molar-refractivity contribution in [2.45, 2.75) is 84.2 Å². The van der Waals surface area contributed by atoms with E-state index in [2.05, 4.69) is 21.8 Å². The van der Waals surface area contributed by atoms with Gasteiger partial charge in [0.2, 0.25) is 5.91 Å². The molecule has 1 fully saturated rings. The molecule has 3 heterocycles. The lowest BCUT2D eigenvalue weighted by molar-refractivity contribution is -0.117. The second kappa shape index (κ2) is 10.8. The summed E-state index contributed by atoms with van der Waals surface area (Å²) in [4.78, 5) is 25.7. The highest BCUT2D eigenvalue weighted by molar-refractivity contribution is 6.01. The third kappa shape index (κ3) is 6.04. The highest BCUT2D eigenvalue weighted by Crippen LogP contribution is 2.32. The molecule has 29 heavy (non-hydrogen) atoms. The van der Waals surface area contributed by atoms with E-state index in [1.165, 1.54) is 51.7 Å². The molecule has 0 unspecified atom stereocenters. The summed E-state index contributed by atoms with van der Waals surface area (Å²) < 4.78 is 5.82. The molecular formula is C22H37N5O2. The Morgan fingerprint density at radius 2 is 1.79 bits per heavy atom. The molecule has 0 spiro atoms. The maximum absolute atomic E-state index is 12.5. The molecule has 2 N–H and O–H groups in total. The van der Waals surface area contributed by atoms with Crippen LogP contribution in [-0.2, 0) is 11.2 Å². The monoisotopic (exact) mass is 403 g/mol. The average Bonchev–Trinajstić information content (AvgIpc) is 2.84. The van der Waals surface area contributed by atoms with Gasteiger partial charge in [0, 0.05) is 12.1 Å². The number of carbonyl (C=O) groups is 1. The van der Waals surface area contributed by atoms with E-state index in [-0.39, 0.29) is 18.0 Å². The van der Waals surface area contributed by atoms with Gasteiger partial charge in [-0.2, -0.15) is 9.97 Å². The van der Waals surface area contributed by atoms with Crippen molar-refractivity contribution in [1.82, 2.24) is 14.9 Å². The third-order valence-corrected chi connectivity index (χ3v) is 5.94. The number of hydrogen-bond acceptors (Lipinski definition) is 6. The molecule has 0 aliphatic carbocycles. The topological polar surface area (TPSA) is 84.6 Å². The molecule has 7 nitrogen and oxygen atoms in total. The predicted octanol–water partition coefficient (Wildman–Crippen LogP) is 3.56. The Morgan fingerprint density at radius 3 is 2.52 bits per heavy atom. The van der Waals surface area contributed by atoms with E-state index in [1.807, 2.05) is 6.92 Å². The van der Waals surface area contributed by atoms with E-state index in [0.29, 0.717) is 24.6 Å². The summed E-state index contributed by atoms with van der Waals surface area (Å²) in [6, 6.07) is 0.281. The SMILES string of the molecule is CCC[C@H](C)Oc1nc(N)c2c(n1)N(CCCCCN1CCCCCC1)C(=O)C2. The molecule has 0 bridgehead atoms. The second-order valence-electron chi connectivity index (χ2n) is 8.45. The second-order valence-corrected chi connectivity index (χ2v) is 8.45. The minimum atomic E-state index is 0.0296.